The molecule has 0 aliphatic heterocycles. The van der Waals surface area contributed by atoms with Crippen LogP contribution in [-0.2, 0) is 18.7 Å². The lowest BCUT2D eigenvalue weighted by Gasteiger charge is -2.09. The van der Waals surface area contributed by atoms with Crippen molar-refractivity contribution in [3.05, 3.63) is 94.3 Å². The minimum Gasteiger partial charge on any atom is -0.297 e. The second-order valence-corrected chi connectivity index (χ2v) is 10.1. The van der Waals surface area contributed by atoms with Gasteiger partial charge in [-0.15, -0.1) is 32.9 Å². The lowest BCUT2D eigenvalue weighted by Crippen LogP contribution is -2.03. The van der Waals surface area contributed by atoms with Crippen molar-refractivity contribution in [3.8, 4) is 21.3 Å². The van der Waals surface area contributed by atoms with E-state index in [0.717, 1.165) is 45.3 Å². The minimum absolute atomic E-state index is 0.746. The number of hydrogen-bond donors (Lipinski definition) is 0. The fraction of sp³-hybridized carbons (Fsp3) is 0.160. The Bertz CT molecular complexity index is 1270. The van der Waals surface area contributed by atoms with Crippen LogP contribution >= 0.6 is 34.4 Å². The Hall–Kier alpha value is -2.74. The summed E-state index contributed by atoms with van der Waals surface area (Å²) >= 11 is 5.07. The molecule has 5 rings (SSSR count). The van der Waals surface area contributed by atoms with E-state index >= 15 is 0 Å². The molecule has 0 amide bonds. The molecule has 3 heterocycles. The molecule has 0 saturated heterocycles. The molecule has 0 unspecified atom stereocenters. The van der Waals surface area contributed by atoms with Crippen LogP contribution in [0.1, 0.15) is 23.7 Å². The van der Waals surface area contributed by atoms with Crippen LogP contribution in [-0.4, -0.2) is 19.7 Å². The first-order valence-corrected chi connectivity index (χ1v) is 13.2. The number of thiophene rings is 1. The molecule has 0 atom stereocenters. The molecule has 2 aromatic carbocycles. The van der Waals surface area contributed by atoms with Crippen LogP contribution in [0.25, 0.3) is 21.3 Å². The van der Waals surface area contributed by atoms with E-state index in [9.17, 15) is 0 Å². The molecule has 0 fully saturated rings. The Morgan fingerprint density at radius 3 is 2.47 bits per heavy atom. The molecule has 160 valence electrons. The van der Waals surface area contributed by atoms with Gasteiger partial charge in [-0.1, -0.05) is 79.3 Å². The van der Waals surface area contributed by atoms with E-state index in [1.54, 1.807) is 34.4 Å². The van der Waals surface area contributed by atoms with Gasteiger partial charge in [0.1, 0.15) is 5.01 Å². The van der Waals surface area contributed by atoms with Crippen molar-refractivity contribution >= 4 is 34.4 Å². The summed E-state index contributed by atoms with van der Waals surface area (Å²) in [5.41, 5.74) is 4.83. The molecule has 5 aromatic rings. The second-order valence-electron chi connectivity index (χ2n) is 7.34. The third-order valence-electron chi connectivity index (χ3n) is 5.15. The Balaban J connectivity index is 1.36. The number of thiazole rings is 1. The molecule has 0 saturated carbocycles. The number of nitrogens with zero attached hydrogens (tertiary/aromatic N) is 4. The van der Waals surface area contributed by atoms with Gasteiger partial charge >= 0.3 is 0 Å². The fourth-order valence-electron chi connectivity index (χ4n) is 3.42. The molecule has 3 aromatic heterocycles. The maximum absolute atomic E-state index is 4.86. The zero-order valence-corrected chi connectivity index (χ0v) is 20.1. The largest absolute Gasteiger partial charge is 0.297 e. The van der Waals surface area contributed by atoms with Crippen molar-refractivity contribution in [3.63, 3.8) is 0 Å². The van der Waals surface area contributed by atoms with E-state index < -0.39 is 0 Å². The molecule has 32 heavy (non-hydrogen) atoms. The molecular formula is C25H22N4S3. The topological polar surface area (TPSA) is 43.6 Å². The maximum Gasteiger partial charge on any atom is 0.192 e. The Labute approximate surface area is 200 Å². The Morgan fingerprint density at radius 1 is 0.875 bits per heavy atom. The first kappa shape index (κ1) is 21.1. The predicted octanol–water partition coefficient (Wildman–Crippen LogP) is 7.03. The third-order valence-corrected chi connectivity index (χ3v) is 7.96. The van der Waals surface area contributed by atoms with Crippen molar-refractivity contribution in [1.29, 1.82) is 0 Å². The highest BCUT2D eigenvalue weighted by molar-refractivity contribution is 7.98. The number of rotatable bonds is 8. The van der Waals surface area contributed by atoms with Crippen molar-refractivity contribution in [1.82, 2.24) is 19.7 Å². The van der Waals surface area contributed by atoms with Crippen molar-refractivity contribution in [2.24, 2.45) is 0 Å². The summed E-state index contributed by atoms with van der Waals surface area (Å²) in [6, 6.07) is 23.3. The molecule has 0 radical (unpaired) electrons. The van der Waals surface area contributed by atoms with Gasteiger partial charge in [0.15, 0.2) is 11.0 Å². The Kier molecular flexibility index (Phi) is 6.48. The number of benzene rings is 2. The van der Waals surface area contributed by atoms with Crippen LogP contribution in [0.3, 0.4) is 0 Å². The van der Waals surface area contributed by atoms with Gasteiger partial charge in [0.25, 0.3) is 0 Å². The van der Waals surface area contributed by atoms with Gasteiger partial charge in [0.2, 0.25) is 0 Å². The summed E-state index contributed by atoms with van der Waals surface area (Å²) in [6.45, 7) is 2.92. The smallest absolute Gasteiger partial charge is 0.192 e. The molecule has 4 nitrogen and oxygen atoms in total. The highest BCUT2D eigenvalue weighted by Gasteiger charge is 2.16. The fourth-order valence-corrected chi connectivity index (χ4v) is 5.90. The van der Waals surface area contributed by atoms with Crippen LogP contribution in [0.2, 0.25) is 0 Å². The van der Waals surface area contributed by atoms with E-state index in [1.165, 1.54) is 16.7 Å². The standard InChI is InChI=1S/C25H22N4S3/c1-2-18-10-12-20(13-11-18)24-26-21(16-31-24)17-32-25-28-27-23(22-9-6-14-30-22)29(25)15-19-7-4-3-5-8-19/h3-14,16H,2,15,17H2,1H3. The van der Waals surface area contributed by atoms with Gasteiger partial charge in [0, 0.05) is 16.7 Å². The number of hydrogen-bond acceptors (Lipinski definition) is 6. The zero-order valence-electron chi connectivity index (χ0n) is 17.6. The molecule has 7 heteroatoms. The third kappa shape index (κ3) is 4.70. The summed E-state index contributed by atoms with van der Waals surface area (Å²) in [5, 5.41) is 15.2. The van der Waals surface area contributed by atoms with Crippen LogP contribution in [0.5, 0.6) is 0 Å². The van der Waals surface area contributed by atoms with Crippen LogP contribution in [0.4, 0.5) is 0 Å². The number of aryl methyl sites for hydroxylation is 1. The predicted molar refractivity (Wildman–Crippen MR) is 135 cm³/mol. The summed E-state index contributed by atoms with van der Waals surface area (Å²) in [6.07, 6.45) is 1.05. The molecular weight excluding hydrogens is 453 g/mol. The summed E-state index contributed by atoms with van der Waals surface area (Å²) in [7, 11) is 0. The molecule has 0 aliphatic rings. The van der Waals surface area contributed by atoms with E-state index in [1.807, 2.05) is 6.07 Å². The maximum atomic E-state index is 4.86. The average molecular weight is 475 g/mol. The van der Waals surface area contributed by atoms with Gasteiger partial charge in [-0.3, -0.25) is 4.57 Å². The van der Waals surface area contributed by atoms with Crippen LogP contribution < -0.4 is 0 Å². The average Bonchev–Trinajstić information content (AvgIpc) is 3.60. The molecule has 0 aliphatic carbocycles. The number of aromatic nitrogens is 4. The normalized spacial score (nSPS) is 11.2. The highest BCUT2D eigenvalue weighted by atomic mass is 32.2. The monoisotopic (exact) mass is 474 g/mol. The van der Waals surface area contributed by atoms with Gasteiger partial charge < -0.3 is 0 Å². The van der Waals surface area contributed by atoms with E-state index in [-0.39, 0.29) is 0 Å². The lowest BCUT2D eigenvalue weighted by atomic mass is 10.1. The van der Waals surface area contributed by atoms with Crippen LogP contribution in [0.15, 0.2) is 82.6 Å². The second kappa shape index (κ2) is 9.81. The first-order chi connectivity index (χ1) is 15.8. The van der Waals surface area contributed by atoms with E-state index in [4.69, 9.17) is 4.98 Å². The van der Waals surface area contributed by atoms with Crippen molar-refractivity contribution in [2.45, 2.75) is 30.8 Å². The van der Waals surface area contributed by atoms with E-state index in [0.29, 0.717) is 0 Å². The quantitative estimate of drug-likeness (QED) is 0.226. The van der Waals surface area contributed by atoms with Gasteiger partial charge in [-0.25, -0.2) is 4.98 Å². The summed E-state index contributed by atoms with van der Waals surface area (Å²) in [5.74, 6) is 1.68. The first-order valence-electron chi connectivity index (χ1n) is 10.5. The van der Waals surface area contributed by atoms with Crippen LogP contribution in [0, 0.1) is 0 Å². The molecule has 0 bridgehead atoms. The van der Waals surface area contributed by atoms with E-state index in [2.05, 4.69) is 93.1 Å². The van der Waals surface area contributed by atoms with Gasteiger partial charge in [-0.2, -0.15) is 0 Å². The lowest BCUT2D eigenvalue weighted by molar-refractivity contribution is 0.715. The van der Waals surface area contributed by atoms with Gasteiger partial charge in [0.05, 0.1) is 17.1 Å². The molecule has 0 spiro atoms. The summed E-state index contributed by atoms with van der Waals surface area (Å²) in [4.78, 5) is 5.99. The highest BCUT2D eigenvalue weighted by Crippen LogP contribution is 2.31. The summed E-state index contributed by atoms with van der Waals surface area (Å²) < 4.78 is 2.21. The number of thioether (sulfide) groups is 1. The molecule has 0 N–H and O–H groups in total. The van der Waals surface area contributed by atoms with Gasteiger partial charge in [-0.05, 0) is 29.0 Å². The minimum atomic E-state index is 0.746. The van der Waals surface area contributed by atoms with Crippen molar-refractivity contribution < 1.29 is 0 Å². The SMILES string of the molecule is CCc1ccc(-c2nc(CSc3nnc(-c4cccs4)n3Cc3ccccc3)cs2)cc1. The van der Waals surface area contributed by atoms with Crippen molar-refractivity contribution in [2.75, 3.05) is 0 Å². The Morgan fingerprint density at radius 2 is 1.72 bits per heavy atom. The zero-order chi connectivity index (χ0) is 21.8.